The van der Waals surface area contributed by atoms with Crippen LogP contribution in [0.4, 0.5) is 0 Å². The van der Waals surface area contributed by atoms with Crippen LogP contribution in [0.5, 0.6) is 0 Å². The molecule has 0 N–H and O–H groups in total. The van der Waals surface area contributed by atoms with Crippen LogP contribution in [0.3, 0.4) is 0 Å². The van der Waals surface area contributed by atoms with Crippen LogP contribution < -0.4 is 0 Å². The fourth-order valence-electron chi connectivity index (χ4n) is 1.28. The van der Waals surface area contributed by atoms with E-state index in [0.29, 0.717) is 0 Å². The van der Waals surface area contributed by atoms with Crippen LogP contribution in [0.1, 0.15) is 17.5 Å². The van der Waals surface area contributed by atoms with Crippen molar-refractivity contribution in [3.8, 4) is 0 Å². The third-order valence-corrected chi connectivity index (χ3v) is 3.31. The van der Waals surface area contributed by atoms with Gasteiger partial charge in [-0.3, -0.25) is 0 Å². The highest BCUT2D eigenvalue weighted by atomic mass is 32.1. The maximum Gasteiger partial charge on any atom is 0.0935 e. The number of fused-ring (bicyclic) bond motifs is 1. The molecule has 0 atom stereocenters. The van der Waals surface area contributed by atoms with E-state index in [1.807, 2.05) is 11.3 Å². The first kappa shape index (κ1) is 7.74. The van der Waals surface area contributed by atoms with Gasteiger partial charge in [0.25, 0.3) is 0 Å². The fourth-order valence-corrected chi connectivity index (χ4v) is 2.26. The van der Waals surface area contributed by atoms with Gasteiger partial charge < -0.3 is 0 Å². The minimum atomic E-state index is 1.04. The highest BCUT2D eigenvalue weighted by Gasteiger charge is 2.02. The summed E-state index contributed by atoms with van der Waals surface area (Å²) in [7, 11) is 0. The number of aryl methyl sites for hydroxylation is 2. The molecule has 0 unspecified atom stereocenters. The molecule has 2 rings (SSSR count). The third-order valence-electron chi connectivity index (χ3n) is 1.96. The van der Waals surface area contributed by atoms with Gasteiger partial charge in [0.1, 0.15) is 0 Å². The van der Waals surface area contributed by atoms with E-state index in [-0.39, 0.29) is 0 Å². The fraction of sp³-hybridized carbons (Fsp3) is 0.300. The number of hydrogen-bond acceptors (Lipinski definition) is 2. The molecule has 1 heterocycles. The predicted molar refractivity (Wildman–Crippen MR) is 53.7 cm³/mol. The van der Waals surface area contributed by atoms with Crippen LogP contribution in [0, 0.1) is 6.92 Å². The quantitative estimate of drug-likeness (QED) is 0.652. The summed E-state index contributed by atoms with van der Waals surface area (Å²) in [6.07, 6.45) is 1.04. The van der Waals surface area contributed by atoms with Gasteiger partial charge in [-0.2, -0.15) is 0 Å². The van der Waals surface area contributed by atoms with Crippen LogP contribution in [0.25, 0.3) is 10.2 Å². The SMILES string of the molecule is CCc1nc2cccc(C)c2s1. The lowest BCUT2D eigenvalue weighted by Gasteiger charge is -1.90. The van der Waals surface area contributed by atoms with E-state index in [4.69, 9.17) is 0 Å². The lowest BCUT2D eigenvalue weighted by molar-refractivity contribution is 1.11. The zero-order valence-electron chi connectivity index (χ0n) is 7.29. The van der Waals surface area contributed by atoms with E-state index in [9.17, 15) is 0 Å². The summed E-state index contributed by atoms with van der Waals surface area (Å²) in [5, 5.41) is 1.24. The van der Waals surface area contributed by atoms with E-state index in [0.717, 1.165) is 11.9 Å². The molecule has 62 valence electrons. The second kappa shape index (κ2) is 2.87. The first-order valence-electron chi connectivity index (χ1n) is 4.16. The molecule has 0 aliphatic rings. The van der Waals surface area contributed by atoms with E-state index in [1.165, 1.54) is 15.3 Å². The summed E-state index contributed by atoms with van der Waals surface area (Å²) in [4.78, 5) is 4.51. The molecule has 0 amide bonds. The largest absolute Gasteiger partial charge is 0.241 e. The second-order valence-electron chi connectivity index (χ2n) is 2.88. The molecule has 0 fully saturated rings. The molecular weight excluding hydrogens is 166 g/mol. The minimum Gasteiger partial charge on any atom is -0.241 e. The van der Waals surface area contributed by atoms with E-state index in [2.05, 4.69) is 37.0 Å². The van der Waals surface area contributed by atoms with Crippen LogP contribution in [-0.4, -0.2) is 4.98 Å². The number of thiazole rings is 1. The molecule has 0 aliphatic heterocycles. The molecule has 12 heavy (non-hydrogen) atoms. The monoisotopic (exact) mass is 177 g/mol. The molecule has 1 aromatic carbocycles. The Morgan fingerprint density at radius 2 is 2.25 bits per heavy atom. The van der Waals surface area contributed by atoms with Crippen molar-refractivity contribution < 1.29 is 0 Å². The van der Waals surface area contributed by atoms with Gasteiger partial charge in [-0.1, -0.05) is 19.1 Å². The molecule has 0 radical (unpaired) electrons. The molecule has 0 saturated carbocycles. The first-order chi connectivity index (χ1) is 5.81. The molecule has 1 aromatic heterocycles. The molecular formula is C10H11NS. The van der Waals surface area contributed by atoms with Crippen molar-refractivity contribution in [2.45, 2.75) is 20.3 Å². The van der Waals surface area contributed by atoms with Crippen molar-refractivity contribution in [2.24, 2.45) is 0 Å². The van der Waals surface area contributed by atoms with Crippen molar-refractivity contribution in [3.05, 3.63) is 28.8 Å². The molecule has 2 aromatic rings. The van der Waals surface area contributed by atoms with Crippen molar-refractivity contribution in [1.29, 1.82) is 0 Å². The summed E-state index contributed by atoms with van der Waals surface area (Å²) < 4.78 is 1.34. The Morgan fingerprint density at radius 1 is 1.42 bits per heavy atom. The smallest absolute Gasteiger partial charge is 0.0935 e. The number of aromatic nitrogens is 1. The van der Waals surface area contributed by atoms with Gasteiger partial charge in [-0.15, -0.1) is 11.3 Å². The molecule has 0 saturated heterocycles. The summed E-state index contributed by atoms with van der Waals surface area (Å²) in [5.74, 6) is 0. The molecule has 1 nitrogen and oxygen atoms in total. The summed E-state index contributed by atoms with van der Waals surface area (Å²) in [5.41, 5.74) is 2.49. The van der Waals surface area contributed by atoms with E-state index in [1.54, 1.807) is 0 Å². The first-order valence-corrected chi connectivity index (χ1v) is 4.98. The molecule has 0 aliphatic carbocycles. The zero-order valence-corrected chi connectivity index (χ0v) is 8.11. The van der Waals surface area contributed by atoms with Crippen LogP contribution in [-0.2, 0) is 6.42 Å². The van der Waals surface area contributed by atoms with Gasteiger partial charge in [0.05, 0.1) is 15.2 Å². The average Bonchev–Trinajstić information content (AvgIpc) is 2.49. The maximum atomic E-state index is 4.51. The maximum absolute atomic E-state index is 4.51. The van der Waals surface area contributed by atoms with Crippen LogP contribution in [0.15, 0.2) is 18.2 Å². The van der Waals surface area contributed by atoms with Crippen LogP contribution >= 0.6 is 11.3 Å². The van der Waals surface area contributed by atoms with E-state index >= 15 is 0 Å². The van der Waals surface area contributed by atoms with E-state index < -0.39 is 0 Å². The Bertz CT molecular complexity index is 403. The Labute approximate surface area is 76.1 Å². The zero-order chi connectivity index (χ0) is 8.55. The third kappa shape index (κ3) is 1.12. The van der Waals surface area contributed by atoms with Crippen molar-refractivity contribution in [1.82, 2.24) is 4.98 Å². The summed E-state index contributed by atoms with van der Waals surface area (Å²) in [6, 6.07) is 6.29. The number of hydrogen-bond donors (Lipinski definition) is 0. The normalized spacial score (nSPS) is 10.8. The number of rotatable bonds is 1. The Morgan fingerprint density at radius 3 is 2.92 bits per heavy atom. The average molecular weight is 177 g/mol. The topological polar surface area (TPSA) is 12.9 Å². The van der Waals surface area contributed by atoms with Crippen molar-refractivity contribution >= 4 is 21.6 Å². The Kier molecular flexibility index (Phi) is 1.85. The summed E-state index contributed by atoms with van der Waals surface area (Å²) in [6.45, 7) is 4.28. The highest BCUT2D eigenvalue weighted by Crippen LogP contribution is 2.25. The van der Waals surface area contributed by atoms with Gasteiger partial charge in [0.2, 0.25) is 0 Å². The van der Waals surface area contributed by atoms with Gasteiger partial charge >= 0.3 is 0 Å². The van der Waals surface area contributed by atoms with Gasteiger partial charge in [0.15, 0.2) is 0 Å². The van der Waals surface area contributed by atoms with Crippen LogP contribution in [0.2, 0.25) is 0 Å². The molecule has 0 bridgehead atoms. The Hall–Kier alpha value is -0.890. The van der Waals surface area contributed by atoms with Crippen molar-refractivity contribution in [3.63, 3.8) is 0 Å². The lowest BCUT2D eigenvalue weighted by Crippen LogP contribution is -1.74. The minimum absolute atomic E-state index is 1.04. The summed E-state index contributed by atoms with van der Waals surface area (Å²) >= 11 is 1.81. The van der Waals surface area contributed by atoms with Gasteiger partial charge in [-0.05, 0) is 25.0 Å². The lowest BCUT2D eigenvalue weighted by atomic mass is 10.2. The molecule has 0 spiro atoms. The van der Waals surface area contributed by atoms with Crippen molar-refractivity contribution in [2.75, 3.05) is 0 Å². The van der Waals surface area contributed by atoms with Gasteiger partial charge in [0, 0.05) is 0 Å². The number of nitrogens with zero attached hydrogens (tertiary/aromatic N) is 1. The highest BCUT2D eigenvalue weighted by molar-refractivity contribution is 7.18. The predicted octanol–water partition coefficient (Wildman–Crippen LogP) is 3.17. The second-order valence-corrected chi connectivity index (χ2v) is 3.97. The Balaban J connectivity index is 2.74. The molecule has 2 heteroatoms. The standard InChI is InChI=1S/C10H11NS/c1-3-9-11-8-6-4-5-7(2)10(8)12-9/h4-6H,3H2,1-2H3. The van der Waals surface area contributed by atoms with Gasteiger partial charge in [-0.25, -0.2) is 4.98 Å². The number of benzene rings is 1.